The maximum atomic E-state index is 5.90. The third-order valence-corrected chi connectivity index (χ3v) is 3.14. The first-order valence-corrected chi connectivity index (χ1v) is 5.73. The van der Waals surface area contributed by atoms with Gasteiger partial charge in [0.2, 0.25) is 0 Å². The van der Waals surface area contributed by atoms with E-state index in [-0.39, 0.29) is 5.60 Å². The van der Waals surface area contributed by atoms with Crippen molar-refractivity contribution in [1.29, 1.82) is 0 Å². The zero-order chi connectivity index (χ0) is 10.9. The smallest absolute Gasteiger partial charge is 0.0727 e. The van der Waals surface area contributed by atoms with Gasteiger partial charge in [-0.15, -0.1) is 0 Å². The zero-order valence-corrected chi connectivity index (χ0v) is 9.84. The highest BCUT2D eigenvalue weighted by Crippen LogP contribution is 2.39. The third kappa shape index (κ3) is 2.60. The lowest BCUT2D eigenvalue weighted by atomic mass is 9.98. The van der Waals surface area contributed by atoms with Gasteiger partial charge in [0.05, 0.1) is 12.2 Å². The van der Waals surface area contributed by atoms with Crippen LogP contribution < -0.4 is 0 Å². The van der Waals surface area contributed by atoms with Crippen molar-refractivity contribution in [2.24, 2.45) is 0 Å². The highest BCUT2D eigenvalue weighted by atomic mass is 16.5. The van der Waals surface area contributed by atoms with Gasteiger partial charge in [-0.3, -0.25) is 0 Å². The number of benzene rings is 1. The van der Waals surface area contributed by atoms with Gasteiger partial charge in [-0.2, -0.15) is 0 Å². The minimum atomic E-state index is 0.174. The predicted octanol–water partition coefficient (Wildman–Crippen LogP) is 3.68. The fraction of sp³-hybridized carbons (Fsp3) is 0.571. The Morgan fingerprint density at radius 1 is 1.47 bits per heavy atom. The number of rotatable bonds is 4. The molecule has 1 aliphatic carbocycles. The molecule has 0 aromatic heterocycles. The second kappa shape index (κ2) is 3.97. The molecule has 1 nitrogen and oxygen atoms in total. The number of hydrogen-bond acceptors (Lipinski definition) is 1. The van der Waals surface area contributed by atoms with Gasteiger partial charge in [0.15, 0.2) is 0 Å². The molecule has 1 aromatic rings. The van der Waals surface area contributed by atoms with Gasteiger partial charge in [0.1, 0.15) is 0 Å². The predicted molar refractivity (Wildman–Crippen MR) is 61.8 cm³/mol. The zero-order valence-electron chi connectivity index (χ0n) is 9.84. The van der Waals surface area contributed by atoms with Crippen molar-refractivity contribution in [3.05, 3.63) is 35.4 Å². The van der Waals surface area contributed by atoms with Crippen LogP contribution in [0.3, 0.4) is 0 Å². The highest BCUT2D eigenvalue weighted by molar-refractivity contribution is 5.28. The van der Waals surface area contributed by atoms with Crippen LogP contribution in [-0.2, 0) is 11.3 Å². The molecule has 0 bridgehead atoms. The molecule has 0 heterocycles. The summed E-state index contributed by atoms with van der Waals surface area (Å²) in [6, 6.07) is 9.32. The van der Waals surface area contributed by atoms with Crippen molar-refractivity contribution in [3.8, 4) is 0 Å². The summed E-state index contributed by atoms with van der Waals surface area (Å²) in [6.07, 6.45) is 2.42. The molecule has 1 aliphatic rings. The fourth-order valence-electron chi connectivity index (χ4n) is 1.72. The molecule has 81 valence electrons. The van der Waals surface area contributed by atoms with Crippen LogP contribution in [0.5, 0.6) is 0 Å². The Morgan fingerprint density at radius 2 is 2.20 bits per heavy atom. The molecule has 1 heteroatoms. The first-order valence-electron chi connectivity index (χ1n) is 5.73. The summed E-state index contributed by atoms with van der Waals surface area (Å²) in [5.74, 6) is 0.549. The monoisotopic (exact) mass is 203 g/mol. The molecule has 1 radical (unpaired) electrons. The Bertz CT molecular complexity index is 337. The van der Waals surface area contributed by atoms with Gasteiger partial charge in [-0.25, -0.2) is 0 Å². The van der Waals surface area contributed by atoms with Crippen molar-refractivity contribution in [2.75, 3.05) is 0 Å². The average molecular weight is 203 g/mol. The van der Waals surface area contributed by atoms with Gasteiger partial charge >= 0.3 is 0 Å². The van der Waals surface area contributed by atoms with Gasteiger partial charge in [-0.05, 0) is 42.9 Å². The number of ether oxygens (including phenoxy) is 1. The van der Waals surface area contributed by atoms with Crippen LogP contribution in [0.25, 0.3) is 0 Å². The van der Waals surface area contributed by atoms with E-state index in [0.29, 0.717) is 5.92 Å². The molecule has 15 heavy (non-hydrogen) atoms. The largest absolute Gasteiger partial charge is 0.371 e. The van der Waals surface area contributed by atoms with Gasteiger partial charge in [0, 0.05) is 0 Å². The van der Waals surface area contributed by atoms with Gasteiger partial charge in [0.25, 0.3) is 0 Å². The van der Waals surface area contributed by atoms with Crippen molar-refractivity contribution in [1.82, 2.24) is 0 Å². The van der Waals surface area contributed by atoms with Crippen molar-refractivity contribution in [2.45, 2.75) is 51.7 Å². The molecule has 0 spiro atoms. The molecular weight excluding hydrogens is 184 g/mol. The van der Waals surface area contributed by atoms with Crippen LogP contribution in [-0.4, -0.2) is 5.60 Å². The summed E-state index contributed by atoms with van der Waals surface area (Å²) in [6.45, 7) is 7.37. The minimum absolute atomic E-state index is 0.174. The average Bonchev–Trinajstić information content (AvgIpc) is 2.95. The molecule has 0 N–H and O–H groups in total. The quantitative estimate of drug-likeness (QED) is 0.725. The SMILES string of the molecule is CC(C)c1c[c]ccc1COC1(C)CC1. The Hall–Kier alpha value is -0.820. The first kappa shape index (κ1) is 10.7. The van der Waals surface area contributed by atoms with E-state index in [1.807, 2.05) is 6.07 Å². The lowest BCUT2D eigenvalue weighted by Gasteiger charge is -2.15. The van der Waals surface area contributed by atoms with E-state index in [9.17, 15) is 0 Å². The Balaban J connectivity index is 2.06. The molecule has 1 fully saturated rings. The molecule has 1 aromatic carbocycles. The fourth-order valence-corrected chi connectivity index (χ4v) is 1.72. The van der Waals surface area contributed by atoms with E-state index >= 15 is 0 Å². The molecular formula is C14H19O. The molecule has 1 saturated carbocycles. The van der Waals surface area contributed by atoms with Crippen molar-refractivity contribution >= 4 is 0 Å². The summed E-state index contributed by atoms with van der Waals surface area (Å²) < 4.78 is 5.90. The van der Waals surface area contributed by atoms with E-state index in [0.717, 1.165) is 6.61 Å². The summed E-state index contributed by atoms with van der Waals surface area (Å²) in [4.78, 5) is 0. The maximum Gasteiger partial charge on any atom is 0.0727 e. The van der Waals surface area contributed by atoms with Gasteiger partial charge in [-0.1, -0.05) is 32.0 Å². The third-order valence-electron chi connectivity index (χ3n) is 3.14. The summed E-state index contributed by atoms with van der Waals surface area (Å²) >= 11 is 0. The van der Waals surface area contributed by atoms with Crippen LogP contribution in [0, 0.1) is 6.07 Å². The van der Waals surface area contributed by atoms with E-state index < -0.39 is 0 Å². The molecule has 0 atom stereocenters. The highest BCUT2D eigenvalue weighted by Gasteiger charge is 2.38. The van der Waals surface area contributed by atoms with Crippen LogP contribution in [0.1, 0.15) is 50.7 Å². The van der Waals surface area contributed by atoms with E-state index in [1.54, 1.807) is 0 Å². The Kier molecular flexibility index (Phi) is 2.83. The van der Waals surface area contributed by atoms with E-state index in [2.05, 4.69) is 39.0 Å². The molecule has 0 saturated heterocycles. The van der Waals surface area contributed by atoms with Crippen molar-refractivity contribution < 1.29 is 4.74 Å². The molecule has 0 amide bonds. The van der Waals surface area contributed by atoms with Crippen LogP contribution in [0.15, 0.2) is 18.2 Å². The minimum Gasteiger partial charge on any atom is -0.371 e. The Morgan fingerprint density at radius 3 is 2.80 bits per heavy atom. The first-order chi connectivity index (χ1) is 7.11. The second-order valence-electron chi connectivity index (χ2n) is 5.02. The molecule has 0 unspecified atom stereocenters. The van der Waals surface area contributed by atoms with Crippen LogP contribution in [0.4, 0.5) is 0 Å². The summed E-state index contributed by atoms with van der Waals surface area (Å²) in [5, 5.41) is 0. The van der Waals surface area contributed by atoms with Gasteiger partial charge < -0.3 is 4.74 Å². The lowest BCUT2D eigenvalue weighted by Crippen LogP contribution is -2.09. The summed E-state index contributed by atoms with van der Waals surface area (Å²) in [5.41, 5.74) is 2.85. The topological polar surface area (TPSA) is 9.23 Å². The van der Waals surface area contributed by atoms with E-state index in [4.69, 9.17) is 4.74 Å². The normalized spacial score (nSPS) is 18.1. The molecule has 2 rings (SSSR count). The standard InChI is InChI=1S/C14H19O/c1-11(2)13-7-5-4-6-12(13)10-15-14(3)8-9-14/h4,6-7,11H,8-10H2,1-3H3. The van der Waals surface area contributed by atoms with Crippen LogP contribution in [0.2, 0.25) is 0 Å². The number of hydrogen-bond donors (Lipinski definition) is 0. The summed E-state index contributed by atoms with van der Waals surface area (Å²) in [7, 11) is 0. The lowest BCUT2D eigenvalue weighted by molar-refractivity contribution is 0.0330. The molecule has 0 aliphatic heterocycles. The second-order valence-corrected chi connectivity index (χ2v) is 5.02. The Labute approximate surface area is 92.5 Å². The van der Waals surface area contributed by atoms with Crippen molar-refractivity contribution in [3.63, 3.8) is 0 Å². The maximum absolute atomic E-state index is 5.90. The van der Waals surface area contributed by atoms with Crippen LogP contribution >= 0.6 is 0 Å². The van der Waals surface area contributed by atoms with E-state index in [1.165, 1.54) is 24.0 Å².